The van der Waals surface area contributed by atoms with Gasteiger partial charge in [-0.05, 0) is 18.4 Å². The summed E-state index contributed by atoms with van der Waals surface area (Å²) in [5, 5.41) is 3.56. The lowest BCUT2D eigenvalue weighted by molar-refractivity contribution is 0.564. The van der Waals surface area contributed by atoms with E-state index in [9.17, 15) is 0 Å². The smallest absolute Gasteiger partial charge is 0.0483 e. The van der Waals surface area contributed by atoms with Gasteiger partial charge in [-0.3, -0.25) is 0 Å². The summed E-state index contributed by atoms with van der Waals surface area (Å²) in [5.41, 5.74) is 2.15. The fraction of sp³-hybridized carbons (Fsp3) is 0.286. The number of nitrogens with zero attached hydrogens (tertiary/aromatic N) is 2. The van der Waals surface area contributed by atoms with Crippen LogP contribution in [0.5, 0.6) is 0 Å². The van der Waals surface area contributed by atoms with E-state index in [1.807, 2.05) is 37.3 Å². The van der Waals surface area contributed by atoms with E-state index in [0.29, 0.717) is 0 Å². The van der Waals surface area contributed by atoms with Gasteiger partial charge in [-0.2, -0.15) is 5.10 Å². The summed E-state index contributed by atoms with van der Waals surface area (Å²) in [5.74, 6) is 4.88. The lowest BCUT2D eigenvalue weighted by Gasteiger charge is -2.00. The van der Waals surface area contributed by atoms with E-state index in [1.165, 1.54) is 0 Å². The van der Waals surface area contributed by atoms with Crippen LogP contribution in [0.2, 0.25) is 0 Å². The van der Waals surface area contributed by atoms with Crippen LogP contribution in [0.25, 0.3) is 0 Å². The van der Waals surface area contributed by atoms with Crippen LogP contribution < -0.4 is 11.4 Å². The monoisotopic (exact) mass is 154 g/mol. The largest absolute Gasteiger partial charge is 0.383 e. The molecule has 0 aromatic carbocycles. The van der Waals surface area contributed by atoms with Crippen LogP contribution in [0.3, 0.4) is 0 Å². The van der Waals surface area contributed by atoms with Crippen molar-refractivity contribution in [3.63, 3.8) is 0 Å². The summed E-state index contributed by atoms with van der Waals surface area (Å²) in [6.45, 7) is 0. The Kier molecular flexibility index (Phi) is 6.02. The fourth-order valence-corrected chi connectivity index (χ4v) is 0.422. The molecule has 0 fully saturated rings. The van der Waals surface area contributed by atoms with E-state index < -0.39 is 0 Å². The molecule has 4 heteroatoms. The fourth-order valence-electron chi connectivity index (χ4n) is 0.422. The minimum Gasteiger partial charge on any atom is -0.383 e. The Morgan fingerprint density at radius 2 is 2.00 bits per heavy atom. The van der Waals surface area contributed by atoms with Crippen molar-refractivity contribution in [2.75, 3.05) is 14.1 Å². The average molecular weight is 154 g/mol. The third-order valence-electron chi connectivity index (χ3n) is 0.842. The quantitative estimate of drug-likeness (QED) is 0.261. The maximum Gasteiger partial charge on any atom is 0.0483 e. The van der Waals surface area contributed by atoms with Gasteiger partial charge in [0.05, 0.1) is 0 Å². The van der Waals surface area contributed by atoms with E-state index in [-0.39, 0.29) is 0 Å². The molecule has 0 spiro atoms. The van der Waals surface area contributed by atoms with Crippen LogP contribution in [-0.4, -0.2) is 25.2 Å². The maximum absolute atomic E-state index is 4.88. The summed E-state index contributed by atoms with van der Waals surface area (Å²) in [6, 6.07) is 0. The second kappa shape index (κ2) is 6.82. The van der Waals surface area contributed by atoms with Crippen LogP contribution in [0, 0.1) is 0 Å². The molecule has 0 amide bonds. The Balaban J connectivity index is 3.51. The third kappa shape index (κ3) is 8.71. The molecule has 0 aliphatic rings. The third-order valence-corrected chi connectivity index (χ3v) is 0.842. The first-order valence-corrected chi connectivity index (χ1v) is 3.26. The van der Waals surface area contributed by atoms with Crippen LogP contribution >= 0.6 is 0 Å². The first kappa shape index (κ1) is 9.71. The normalized spacial score (nSPS) is 11.9. The molecule has 0 rings (SSSR count). The molecule has 4 nitrogen and oxygen atoms in total. The number of hydrazine groups is 1. The average Bonchev–Trinajstić information content (AvgIpc) is 1.96. The highest BCUT2D eigenvalue weighted by Crippen LogP contribution is 1.78. The van der Waals surface area contributed by atoms with Crippen LogP contribution in [-0.2, 0) is 0 Å². The van der Waals surface area contributed by atoms with Crippen molar-refractivity contribution >= 4 is 6.21 Å². The zero-order chi connectivity index (χ0) is 8.53. The van der Waals surface area contributed by atoms with Gasteiger partial charge in [0.1, 0.15) is 0 Å². The predicted octanol–water partition coefficient (Wildman–Crippen LogP) is 0.0670. The van der Waals surface area contributed by atoms with Gasteiger partial charge in [0.25, 0.3) is 0 Å². The second-order valence-corrected chi connectivity index (χ2v) is 2.10. The van der Waals surface area contributed by atoms with Crippen molar-refractivity contribution in [3.8, 4) is 0 Å². The van der Waals surface area contributed by atoms with Gasteiger partial charge in [-0.1, -0.05) is 6.08 Å². The summed E-state index contributed by atoms with van der Waals surface area (Å²) in [4.78, 5) is 1.95. The number of hydrazone groups is 1. The lowest BCUT2D eigenvalue weighted by Crippen LogP contribution is -2.13. The van der Waals surface area contributed by atoms with Crippen molar-refractivity contribution in [2.45, 2.75) is 0 Å². The number of allylic oxidation sites excluding steroid dienone is 3. The Hall–Kier alpha value is -1.29. The van der Waals surface area contributed by atoms with Crippen LogP contribution in [0.15, 0.2) is 29.5 Å². The zero-order valence-electron chi connectivity index (χ0n) is 6.86. The van der Waals surface area contributed by atoms with Crippen molar-refractivity contribution in [1.82, 2.24) is 10.4 Å². The molecule has 62 valence electrons. The van der Waals surface area contributed by atoms with Gasteiger partial charge >= 0.3 is 0 Å². The van der Waals surface area contributed by atoms with Gasteiger partial charge in [0.15, 0.2) is 0 Å². The molecule has 0 aliphatic heterocycles. The highest BCUT2D eigenvalue weighted by molar-refractivity contribution is 5.71. The first-order chi connectivity index (χ1) is 5.27. The summed E-state index contributed by atoms with van der Waals surface area (Å²) < 4.78 is 0. The molecule has 0 radical (unpaired) electrons. The molecule has 0 aromatic rings. The van der Waals surface area contributed by atoms with Crippen LogP contribution in [0.1, 0.15) is 0 Å². The highest BCUT2D eigenvalue weighted by Gasteiger charge is 1.69. The molecule has 0 bridgehead atoms. The van der Waals surface area contributed by atoms with Gasteiger partial charge in [0, 0.05) is 20.3 Å². The maximum atomic E-state index is 4.88. The molecule has 0 aliphatic carbocycles. The topological polar surface area (TPSA) is 53.6 Å². The number of hydrogen-bond donors (Lipinski definition) is 2. The summed E-state index contributed by atoms with van der Waals surface area (Å²) >= 11 is 0. The second-order valence-electron chi connectivity index (χ2n) is 2.10. The number of nitrogens with one attached hydrogen (secondary N) is 1. The Morgan fingerprint density at radius 3 is 2.55 bits per heavy atom. The van der Waals surface area contributed by atoms with Gasteiger partial charge < -0.3 is 4.90 Å². The minimum absolute atomic E-state index is 1.57. The molecular formula is C7H14N4. The van der Waals surface area contributed by atoms with E-state index in [2.05, 4.69) is 10.6 Å². The zero-order valence-corrected chi connectivity index (χ0v) is 6.86. The van der Waals surface area contributed by atoms with Gasteiger partial charge in [-0.15, -0.1) is 0 Å². The highest BCUT2D eigenvalue weighted by atomic mass is 15.5. The standard InChI is InChI=1S/C7H14N4/c1-11(2)7-5-3-4-6-9-10-8/h3-7,10H,8H2,1-2H3/b4-3+,7-5+,9-6+. The van der Waals surface area contributed by atoms with E-state index >= 15 is 0 Å². The van der Waals surface area contributed by atoms with Crippen LogP contribution in [0.4, 0.5) is 0 Å². The molecule has 11 heavy (non-hydrogen) atoms. The number of rotatable bonds is 4. The van der Waals surface area contributed by atoms with Gasteiger partial charge in [-0.25, -0.2) is 11.4 Å². The van der Waals surface area contributed by atoms with E-state index in [0.717, 1.165) is 0 Å². The Bertz CT molecular complexity index is 158. The van der Waals surface area contributed by atoms with Crippen molar-refractivity contribution in [2.24, 2.45) is 10.9 Å². The molecule has 3 N–H and O–H groups in total. The summed E-state index contributed by atoms with van der Waals surface area (Å²) in [7, 11) is 3.92. The van der Waals surface area contributed by atoms with E-state index in [1.54, 1.807) is 12.3 Å². The molecular weight excluding hydrogens is 140 g/mol. The lowest BCUT2D eigenvalue weighted by atomic mass is 10.5. The molecule has 0 aromatic heterocycles. The molecule has 0 saturated heterocycles. The SMILES string of the molecule is CN(C)/C=C/C=C/C=N/NN. The number of nitrogens with two attached hydrogens (primary N) is 1. The molecule has 0 heterocycles. The summed E-state index contributed by atoms with van der Waals surface area (Å²) in [6.07, 6.45) is 9.05. The van der Waals surface area contributed by atoms with Crippen molar-refractivity contribution < 1.29 is 0 Å². The van der Waals surface area contributed by atoms with Crippen molar-refractivity contribution in [3.05, 3.63) is 24.4 Å². The van der Waals surface area contributed by atoms with Crippen molar-refractivity contribution in [1.29, 1.82) is 0 Å². The molecule has 0 atom stereocenters. The Morgan fingerprint density at radius 1 is 1.27 bits per heavy atom. The van der Waals surface area contributed by atoms with Gasteiger partial charge in [0.2, 0.25) is 0 Å². The Labute approximate surface area is 67.0 Å². The first-order valence-electron chi connectivity index (χ1n) is 3.26. The minimum atomic E-state index is 1.57. The predicted molar refractivity (Wildman–Crippen MR) is 47.8 cm³/mol. The molecule has 0 unspecified atom stereocenters. The van der Waals surface area contributed by atoms with E-state index in [4.69, 9.17) is 5.84 Å². The molecule has 0 saturated carbocycles. The number of hydrogen-bond acceptors (Lipinski definition) is 4.